The Morgan fingerprint density at radius 2 is 1.71 bits per heavy atom. The highest BCUT2D eigenvalue weighted by atomic mass is 16.5. The molecule has 0 aliphatic carbocycles. The Balaban J connectivity index is 1.15. The van der Waals surface area contributed by atoms with Crippen LogP contribution in [-0.4, -0.2) is 45.5 Å². The van der Waals surface area contributed by atoms with Crippen LogP contribution in [0.2, 0.25) is 0 Å². The summed E-state index contributed by atoms with van der Waals surface area (Å²) in [7, 11) is 0. The van der Waals surface area contributed by atoms with E-state index in [0.29, 0.717) is 19.6 Å². The quantitative estimate of drug-likeness (QED) is 0.456. The lowest BCUT2D eigenvalue weighted by molar-refractivity contribution is -0.157. The summed E-state index contributed by atoms with van der Waals surface area (Å²) in [4.78, 5) is 31.2. The lowest BCUT2D eigenvalue weighted by atomic mass is 9.94. The van der Waals surface area contributed by atoms with Gasteiger partial charge in [-0.1, -0.05) is 48.5 Å². The number of rotatable bonds is 5. The molecule has 1 N–H and O–H groups in total. The molecular formula is C28H24N4O3. The number of piperazine rings is 1. The van der Waals surface area contributed by atoms with Crippen molar-refractivity contribution in [2.24, 2.45) is 5.10 Å². The first-order valence-corrected chi connectivity index (χ1v) is 11.7. The van der Waals surface area contributed by atoms with Crippen LogP contribution in [0.15, 0.2) is 84.0 Å². The monoisotopic (exact) mass is 464 g/mol. The standard InChI is InChI=1S/C28H24N4O3/c33-27-17-32(29-15-19-10-12-21(13-11-19)35-18-20-6-2-1-3-7-20)28(34)26-14-23-22-8-4-5-9-24(22)30-25(23)16-31(26)27/h1-13,15,26,30H,14,16-18H2/t26-/m0/s1. The molecule has 0 saturated carbocycles. The molecule has 6 rings (SSSR count). The van der Waals surface area contributed by atoms with Crippen molar-refractivity contribution in [2.75, 3.05) is 6.54 Å². The maximum absolute atomic E-state index is 13.3. The molecule has 1 saturated heterocycles. The number of carbonyl (C=O) groups is 2. The second kappa shape index (κ2) is 8.76. The number of hydrazone groups is 1. The number of fused-ring (bicyclic) bond motifs is 4. The first kappa shape index (κ1) is 21.2. The minimum absolute atomic E-state index is 0.0559. The Morgan fingerprint density at radius 1 is 0.943 bits per heavy atom. The maximum atomic E-state index is 13.3. The minimum Gasteiger partial charge on any atom is -0.489 e. The smallest absolute Gasteiger partial charge is 0.266 e. The Kier molecular flexibility index (Phi) is 5.29. The highest BCUT2D eigenvalue weighted by Gasteiger charge is 2.43. The predicted octanol–water partition coefficient (Wildman–Crippen LogP) is 3.88. The number of H-pyrrole nitrogens is 1. The first-order chi connectivity index (χ1) is 17.2. The van der Waals surface area contributed by atoms with E-state index in [0.717, 1.165) is 39.0 Å². The molecule has 0 bridgehead atoms. The van der Waals surface area contributed by atoms with Crippen molar-refractivity contribution in [1.29, 1.82) is 0 Å². The van der Waals surface area contributed by atoms with E-state index in [2.05, 4.69) is 16.2 Å². The van der Waals surface area contributed by atoms with Crippen LogP contribution in [0.4, 0.5) is 0 Å². The number of carbonyl (C=O) groups excluding carboxylic acids is 2. The fourth-order valence-corrected chi connectivity index (χ4v) is 4.78. The lowest BCUT2D eigenvalue weighted by Crippen LogP contribution is -2.60. The lowest BCUT2D eigenvalue weighted by Gasteiger charge is -2.40. The third-order valence-electron chi connectivity index (χ3n) is 6.62. The highest BCUT2D eigenvalue weighted by molar-refractivity contribution is 5.97. The van der Waals surface area contributed by atoms with E-state index in [-0.39, 0.29) is 18.4 Å². The van der Waals surface area contributed by atoms with Gasteiger partial charge in [0.1, 0.15) is 24.9 Å². The van der Waals surface area contributed by atoms with Crippen LogP contribution < -0.4 is 4.74 Å². The zero-order valence-electron chi connectivity index (χ0n) is 19.1. The van der Waals surface area contributed by atoms with E-state index in [1.165, 1.54) is 5.01 Å². The topological polar surface area (TPSA) is 78.0 Å². The first-order valence-electron chi connectivity index (χ1n) is 11.7. The molecule has 2 amide bonds. The van der Waals surface area contributed by atoms with Crippen molar-refractivity contribution in [1.82, 2.24) is 14.9 Å². The van der Waals surface area contributed by atoms with Crippen LogP contribution in [0.5, 0.6) is 5.75 Å². The molecule has 7 nitrogen and oxygen atoms in total. The third kappa shape index (κ3) is 4.05. The average molecular weight is 465 g/mol. The molecule has 1 aromatic heterocycles. The van der Waals surface area contributed by atoms with Crippen molar-refractivity contribution in [3.63, 3.8) is 0 Å². The van der Waals surface area contributed by atoms with Crippen molar-refractivity contribution in [2.45, 2.75) is 25.6 Å². The summed E-state index contributed by atoms with van der Waals surface area (Å²) < 4.78 is 5.82. The fourth-order valence-electron chi connectivity index (χ4n) is 4.78. The molecule has 2 aliphatic rings. The Hall–Kier alpha value is -4.39. The summed E-state index contributed by atoms with van der Waals surface area (Å²) in [5.74, 6) is 0.503. The van der Waals surface area contributed by atoms with Crippen LogP contribution in [-0.2, 0) is 29.2 Å². The van der Waals surface area contributed by atoms with Crippen LogP contribution in [0, 0.1) is 0 Å². The number of ether oxygens (including phenoxy) is 1. The Bertz CT molecular complexity index is 1430. The zero-order valence-corrected chi connectivity index (χ0v) is 19.1. The predicted molar refractivity (Wildman–Crippen MR) is 133 cm³/mol. The molecule has 7 heteroatoms. The molecule has 3 heterocycles. The van der Waals surface area contributed by atoms with Crippen LogP contribution >= 0.6 is 0 Å². The summed E-state index contributed by atoms with van der Waals surface area (Å²) in [6.45, 7) is 0.857. The second-order valence-electron chi connectivity index (χ2n) is 8.85. The van der Waals surface area contributed by atoms with Gasteiger partial charge in [-0.25, -0.2) is 5.01 Å². The minimum atomic E-state index is -0.533. The van der Waals surface area contributed by atoms with Gasteiger partial charge < -0.3 is 14.6 Å². The fraction of sp³-hybridized carbons (Fsp3) is 0.179. The van der Waals surface area contributed by atoms with E-state index < -0.39 is 6.04 Å². The second-order valence-corrected chi connectivity index (χ2v) is 8.85. The number of aromatic amines is 1. The molecule has 0 spiro atoms. The van der Waals surface area contributed by atoms with E-state index in [9.17, 15) is 9.59 Å². The van der Waals surface area contributed by atoms with E-state index in [4.69, 9.17) is 4.74 Å². The molecule has 35 heavy (non-hydrogen) atoms. The number of benzene rings is 3. The number of para-hydroxylation sites is 1. The molecule has 3 aromatic carbocycles. The molecule has 2 aliphatic heterocycles. The molecule has 0 radical (unpaired) electrons. The van der Waals surface area contributed by atoms with Gasteiger partial charge in [0, 0.05) is 23.0 Å². The molecule has 1 fully saturated rings. The molecule has 4 aromatic rings. The van der Waals surface area contributed by atoms with Gasteiger partial charge in [-0.05, 0) is 47.0 Å². The van der Waals surface area contributed by atoms with E-state index in [1.807, 2.05) is 72.8 Å². The normalized spacial score (nSPS) is 17.7. The Morgan fingerprint density at radius 3 is 2.54 bits per heavy atom. The Labute approximate surface area is 202 Å². The summed E-state index contributed by atoms with van der Waals surface area (Å²) in [5.41, 5.74) is 5.07. The third-order valence-corrected chi connectivity index (χ3v) is 6.62. The average Bonchev–Trinajstić information content (AvgIpc) is 3.27. The van der Waals surface area contributed by atoms with Gasteiger partial charge in [-0.15, -0.1) is 0 Å². The van der Waals surface area contributed by atoms with E-state index in [1.54, 1.807) is 11.1 Å². The molecular weight excluding hydrogens is 440 g/mol. The summed E-state index contributed by atoms with van der Waals surface area (Å²) in [5, 5.41) is 6.77. The molecule has 1 atom stereocenters. The molecule has 0 unspecified atom stereocenters. The van der Waals surface area contributed by atoms with Crippen molar-refractivity contribution in [3.05, 3.63) is 101 Å². The largest absolute Gasteiger partial charge is 0.489 e. The summed E-state index contributed by atoms with van der Waals surface area (Å²) >= 11 is 0. The number of amides is 2. The van der Waals surface area contributed by atoms with Gasteiger partial charge in [0.25, 0.3) is 5.91 Å². The van der Waals surface area contributed by atoms with Gasteiger partial charge in [0.05, 0.1) is 12.8 Å². The van der Waals surface area contributed by atoms with Gasteiger partial charge in [0.2, 0.25) is 5.91 Å². The van der Waals surface area contributed by atoms with Crippen molar-refractivity contribution < 1.29 is 14.3 Å². The van der Waals surface area contributed by atoms with Gasteiger partial charge >= 0.3 is 0 Å². The number of hydrogen-bond acceptors (Lipinski definition) is 4. The van der Waals surface area contributed by atoms with Crippen molar-refractivity contribution >= 4 is 28.9 Å². The van der Waals surface area contributed by atoms with Crippen LogP contribution in [0.25, 0.3) is 10.9 Å². The van der Waals surface area contributed by atoms with Gasteiger partial charge in [0.15, 0.2) is 0 Å². The van der Waals surface area contributed by atoms with E-state index >= 15 is 0 Å². The summed E-state index contributed by atoms with van der Waals surface area (Å²) in [6, 6.07) is 25.0. The number of nitrogens with one attached hydrogen (secondary N) is 1. The SMILES string of the molecule is O=C1[C@@H]2Cc3c([nH]c4ccccc34)CN2C(=O)CN1N=Cc1ccc(OCc2ccccc2)cc1. The zero-order chi connectivity index (χ0) is 23.8. The number of hydrogen-bond donors (Lipinski definition) is 1. The van der Waals surface area contributed by atoms with Gasteiger partial charge in [-0.3, -0.25) is 9.59 Å². The van der Waals surface area contributed by atoms with Crippen LogP contribution in [0.3, 0.4) is 0 Å². The number of aromatic nitrogens is 1. The number of nitrogens with zero attached hydrogens (tertiary/aromatic N) is 3. The van der Waals surface area contributed by atoms with Crippen molar-refractivity contribution in [3.8, 4) is 5.75 Å². The highest BCUT2D eigenvalue weighted by Crippen LogP contribution is 2.32. The molecule has 174 valence electrons. The maximum Gasteiger partial charge on any atom is 0.266 e. The van der Waals surface area contributed by atoms with Crippen LogP contribution in [0.1, 0.15) is 22.4 Å². The van der Waals surface area contributed by atoms with Gasteiger partial charge in [-0.2, -0.15) is 5.10 Å². The summed E-state index contributed by atoms with van der Waals surface area (Å²) in [6.07, 6.45) is 2.10.